The zero-order valence-corrected chi connectivity index (χ0v) is 25.7. The summed E-state index contributed by atoms with van der Waals surface area (Å²) in [6.45, 7) is 0.425. The number of amidine groups is 1. The van der Waals surface area contributed by atoms with E-state index in [-0.39, 0.29) is 11.9 Å². The van der Waals surface area contributed by atoms with Crippen LogP contribution in [0.3, 0.4) is 0 Å². The van der Waals surface area contributed by atoms with Crippen molar-refractivity contribution in [3.05, 3.63) is 61.4 Å². The lowest BCUT2D eigenvalue weighted by atomic mass is 9.94. The molecule has 8 heteroatoms. The number of hydrogen-bond donors (Lipinski definition) is 0. The first-order valence-electron chi connectivity index (χ1n) is 13.6. The first-order chi connectivity index (χ1) is 18.5. The number of thioether (sulfide) groups is 1. The van der Waals surface area contributed by atoms with E-state index < -0.39 is 0 Å². The molecular weight excluding hydrogens is 628 g/mol. The van der Waals surface area contributed by atoms with Gasteiger partial charge >= 0.3 is 0 Å². The highest BCUT2D eigenvalue weighted by Gasteiger charge is 2.39. The van der Waals surface area contributed by atoms with Crippen LogP contribution in [-0.4, -0.2) is 35.2 Å². The highest BCUT2D eigenvalue weighted by Crippen LogP contribution is 2.41. The van der Waals surface area contributed by atoms with E-state index in [0.717, 1.165) is 55.8 Å². The summed E-state index contributed by atoms with van der Waals surface area (Å²) in [6, 6.07) is 12.6. The standard InChI is InChI=1S/C30H34Br2N2O3S/c1-36-26-17-21(16-25(32)28(26)37-19-20-12-14-22(31)15-13-20)18-27-29(35)34(24-10-6-3-7-11-24)30(38-27)33-23-8-4-2-5-9-23/h12-18,23-24H,2-11,19H2,1H3. The van der Waals surface area contributed by atoms with Crippen molar-refractivity contribution in [1.82, 2.24) is 4.90 Å². The van der Waals surface area contributed by atoms with Crippen LogP contribution in [0.15, 0.2) is 55.2 Å². The molecule has 1 amide bonds. The fraction of sp³-hybridized carbons (Fsp3) is 0.467. The molecule has 3 aliphatic rings. The summed E-state index contributed by atoms with van der Waals surface area (Å²) < 4.78 is 13.6. The summed E-state index contributed by atoms with van der Waals surface area (Å²) >= 11 is 8.68. The molecule has 0 bridgehead atoms. The second kappa shape index (κ2) is 13.1. The van der Waals surface area contributed by atoms with E-state index in [4.69, 9.17) is 14.5 Å². The minimum absolute atomic E-state index is 0.0853. The summed E-state index contributed by atoms with van der Waals surface area (Å²) in [5, 5.41) is 0.903. The van der Waals surface area contributed by atoms with Gasteiger partial charge in [-0.15, -0.1) is 0 Å². The Morgan fingerprint density at radius 1 is 1.00 bits per heavy atom. The lowest BCUT2D eigenvalue weighted by molar-refractivity contribution is -0.124. The highest BCUT2D eigenvalue weighted by molar-refractivity contribution is 9.10. The quantitative estimate of drug-likeness (QED) is 0.279. The second-order valence-electron chi connectivity index (χ2n) is 10.2. The molecule has 2 aromatic carbocycles. The number of benzene rings is 2. The van der Waals surface area contributed by atoms with Gasteiger partial charge in [0.05, 0.1) is 22.5 Å². The zero-order chi connectivity index (χ0) is 26.5. The maximum Gasteiger partial charge on any atom is 0.266 e. The highest BCUT2D eigenvalue weighted by atomic mass is 79.9. The van der Waals surface area contributed by atoms with Crippen molar-refractivity contribution in [2.24, 2.45) is 4.99 Å². The topological polar surface area (TPSA) is 51.1 Å². The zero-order valence-electron chi connectivity index (χ0n) is 21.8. The summed E-state index contributed by atoms with van der Waals surface area (Å²) in [6.07, 6.45) is 13.7. The first-order valence-corrected chi connectivity index (χ1v) is 16.0. The third-order valence-corrected chi connectivity index (χ3v) is 9.61. The smallest absolute Gasteiger partial charge is 0.266 e. The van der Waals surface area contributed by atoms with Crippen LogP contribution in [0.4, 0.5) is 0 Å². The van der Waals surface area contributed by atoms with Crippen molar-refractivity contribution >= 4 is 60.8 Å². The molecular formula is C30H34Br2N2O3S. The Labute approximate surface area is 246 Å². The fourth-order valence-corrected chi connectivity index (χ4v) is 7.40. The molecule has 2 aliphatic carbocycles. The van der Waals surface area contributed by atoms with Crippen molar-refractivity contribution in [3.8, 4) is 11.5 Å². The Balaban J connectivity index is 1.39. The van der Waals surface area contributed by atoms with E-state index in [1.807, 2.05) is 47.4 Å². The van der Waals surface area contributed by atoms with Gasteiger partial charge in [-0.1, -0.05) is 66.6 Å². The van der Waals surface area contributed by atoms with Gasteiger partial charge in [0.2, 0.25) is 0 Å². The molecule has 0 aromatic heterocycles. The van der Waals surface area contributed by atoms with E-state index in [1.54, 1.807) is 7.11 Å². The average molecular weight is 662 g/mol. The molecule has 0 N–H and O–H groups in total. The van der Waals surface area contributed by atoms with E-state index in [1.165, 1.54) is 50.3 Å². The van der Waals surface area contributed by atoms with Crippen molar-refractivity contribution in [2.45, 2.75) is 82.9 Å². The predicted octanol–water partition coefficient (Wildman–Crippen LogP) is 8.74. The lowest BCUT2D eigenvalue weighted by Crippen LogP contribution is -2.41. The van der Waals surface area contributed by atoms with Crippen LogP contribution in [0.1, 0.15) is 75.3 Å². The van der Waals surface area contributed by atoms with Crippen LogP contribution < -0.4 is 9.47 Å². The van der Waals surface area contributed by atoms with Gasteiger partial charge in [-0.2, -0.15) is 0 Å². The minimum atomic E-state index is 0.0853. The van der Waals surface area contributed by atoms with Gasteiger partial charge in [0.15, 0.2) is 16.7 Å². The molecule has 1 aliphatic heterocycles. The van der Waals surface area contributed by atoms with Crippen LogP contribution in [0.5, 0.6) is 11.5 Å². The van der Waals surface area contributed by atoms with Gasteiger partial charge in [0, 0.05) is 10.5 Å². The molecule has 202 valence electrons. The Bertz CT molecular complexity index is 1200. The molecule has 0 unspecified atom stereocenters. The molecule has 0 radical (unpaired) electrons. The predicted molar refractivity (Wildman–Crippen MR) is 163 cm³/mol. The summed E-state index contributed by atoms with van der Waals surface area (Å²) in [5.74, 6) is 1.35. The molecule has 5 nitrogen and oxygen atoms in total. The number of carbonyl (C=O) groups excluding carboxylic acids is 1. The number of ether oxygens (including phenoxy) is 2. The van der Waals surface area contributed by atoms with Gasteiger partial charge in [-0.05, 0) is 94.8 Å². The molecule has 0 spiro atoms. The Hall–Kier alpha value is -1.77. The Kier molecular flexibility index (Phi) is 9.55. The molecule has 1 heterocycles. The van der Waals surface area contributed by atoms with Crippen LogP contribution in [0, 0.1) is 0 Å². The molecule has 3 fully saturated rings. The van der Waals surface area contributed by atoms with Gasteiger partial charge < -0.3 is 9.47 Å². The SMILES string of the molecule is COc1cc(C=C2SC(=NC3CCCCC3)N(C3CCCCC3)C2=O)cc(Br)c1OCc1ccc(Br)cc1. The van der Waals surface area contributed by atoms with Gasteiger partial charge in [0.1, 0.15) is 6.61 Å². The van der Waals surface area contributed by atoms with Crippen LogP contribution in [-0.2, 0) is 11.4 Å². The van der Waals surface area contributed by atoms with E-state index in [0.29, 0.717) is 24.1 Å². The maximum atomic E-state index is 13.7. The lowest BCUT2D eigenvalue weighted by Gasteiger charge is -2.31. The number of halogens is 2. The second-order valence-corrected chi connectivity index (χ2v) is 13.0. The molecule has 2 saturated carbocycles. The summed E-state index contributed by atoms with van der Waals surface area (Å²) in [7, 11) is 1.64. The number of amides is 1. The third kappa shape index (κ3) is 6.68. The number of aliphatic imine (C=N–C) groups is 1. The van der Waals surface area contributed by atoms with E-state index in [9.17, 15) is 4.79 Å². The van der Waals surface area contributed by atoms with Crippen molar-refractivity contribution in [1.29, 1.82) is 0 Å². The largest absolute Gasteiger partial charge is 0.493 e. The van der Waals surface area contributed by atoms with Crippen LogP contribution in [0.2, 0.25) is 0 Å². The average Bonchev–Trinajstić information content (AvgIpc) is 3.23. The summed E-state index contributed by atoms with van der Waals surface area (Å²) in [5.41, 5.74) is 1.96. The molecule has 5 rings (SSSR count). The number of nitrogens with zero attached hydrogens (tertiary/aromatic N) is 2. The minimum Gasteiger partial charge on any atom is -0.493 e. The van der Waals surface area contributed by atoms with E-state index >= 15 is 0 Å². The molecule has 2 aromatic rings. The normalized spacial score (nSPS) is 21.4. The Morgan fingerprint density at radius 3 is 2.37 bits per heavy atom. The van der Waals surface area contributed by atoms with Crippen molar-refractivity contribution in [3.63, 3.8) is 0 Å². The summed E-state index contributed by atoms with van der Waals surface area (Å²) in [4.78, 5) is 21.6. The van der Waals surface area contributed by atoms with Crippen molar-refractivity contribution < 1.29 is 14.3 Å². The number of hydrogen-bond acceptors (Lipinski definition) is 5. The fourth-order valence-electron chi connectivity index (χ4n) is 5.45. The van der Waals surface area contributed by atoms with Gasteiger partial charge in [0.25, 0.3) is 5.91 Å². The maximum absolute atomic E-state index is 13.7. The molecule has 0 atom stereocenters. The first kappa shape index (κ1) is 27.8. The van der Waals surface area contributed by atoms with Gasteiger partial charge in [-0.3, -0.25) is 14.7 Å². The van der Waals surface area contributed by atoms with Crippen LogP contribution in [0.25, 0.3) is 6.08 Å². The van der Waals surface area contributed by atoms with E-state index in [2.05, 4.69) is 31.9 Å². The third-order valence-electron chi connectivity index (χ3n) is 7.49. The monoisotopic (exact) mass is 660 g/mol. The molecule has 38 heavy (non-hydrogen) atoms. The Morgan fingerprint density at radius 2 is 1.68 bits per heavy atom. The van der Waals surface area contributed by atoms with Crippen LogP contribution >= 0.6 is 43.6 Å². The van der Waals surface area contributed by atoms with Crippen molar-refractivity contribution in [2.75, 3.05) is 7.11 Å². The number of rotatable bonds is 7. The number of methoxy groups -OCH3 is 1. The number of carbonyl (C=O) groups is 1. The van der Waals surface area contributed by atoms with Gasteiger partial charge in [-0.25, -0.2) is 0 Å². The molecule has 1 saturated heterocycles.